The van der Waals surface area contributed by atoms with E-state index in [2.05, 4.69) is 31.2 Å². The highest BCUT2D eigenvalue weighted by Gasteiger charge is 2.08. The van der Waals surface area contributed by atoms with Gasteiger partial charge in [-0.05, 0) is 24.6 Å². The number of hydrogen-bond acceptors (Lipinski definition) is 4. The van der Waals surface area contributed by atoms with E-state index in [1.165, 1.54) is 0 Å². The van der Waals surface area contributed by atoms with E-state index in [9.17, 15) is 0 Å². The van der Waals surface area contributed by atoms with Gasteiger partial charge in [0.15, 0.2) is 0 Å². The molecule has 0 radical (unpaired) electrons. The molecule has 0 unspecified atom stereocenters. The van der Waals surface area contributed by atoms with Crippen molar-refractivity contribution in [3.05, 3.63) is 46.5 Å². The Labute approximate surface area is 115 Å². The minimum atomic E-state index is 0.618. The number of benzene rings is 1. The van der Waals surface area contributed by atoms with E-state index < -0.39 is 0 Å². The van der Waals surface area contributed by atoms with E-state index in [0.717, 1.165) is 27.2 Å². The normalized spacial score (nSPS) is 10.2. The average molecular weight is 308 g/mol. The number of anilines is 1. The standard InChI is InChI=1S/C13H14BrN3O/c1-9-5-10(14)6-12(18-2)13(9)17-8-11-7-15-3-4-16-11/h3-7,17H,8H2,1-2H3. The molecule has 0 aliphatic heterocycles. The Morgan fingerprint density at radius 2 is 2.17 bits per heavy atom. The molecule has 4 nitrogen and oxygen atoms in total. The fourth-order valence-electron chi connectivity index (χ4n) is 1.70. The van der Waals surface area contributed by atoms with Crippen molar-refractivity contribution in [1.82, 2.24) is 9.97 Å². The molecule has 18 heavy (non-hydrogen) atoms. The maximum atomic E-state index is 5.37. The van der Waals surface area contributed by atoms with Gasteiger partial charge in [-0.15, -0.1) is 0 Å². The molecule has 2 aromatic rings. The monoisotopic (exact) mass is 307 g/mol. The Morgan fingerprint density at radius 3 is 2.83 bits per heavy atom. The Kier molecular flexibility index (Phi) is 4.15. The fourth-order valence-corrected chi connectivity index (χ4v) is 2.25. The highest BCUT2D eigenvalue weighted by atomic mass is 79.9. The number of rotatable bonds is 4. The summed E-state index contributed by atoms with van der Waals surface area (Å²) in [5.74, 6) is 0.811. The third kappa shape index (κ3) is 2.98. The van der Waals surface area contributed by atoms with Crippen molar-refractivity contribution in [2.24, 2.45) is 0 Å². The van der Waals surface area contributed by atoms with Crippen molar-refractivity contribution < 1.29 is 4.74 Å². The van der Waals surface area contributed by atoms with E-state index in [4.69, 9.17) is 4.74 Å². The summed E-state index contributed by atoms with van der Waals surface area (Å²) in [6.45, 7) is 2.65. The lowest BCUT2D eigenvalue weighted by Crippen LogP contribution is -2.05. The molecule has 1 aromatic heterocycles. The van der Waals surface area contributed by atoms with Crippen LogP contribution in [0.1, 0.15) is 11.3 Å². The predicted octanol–water partition coefficient (Wildman–Crippen LogP) is 3.17. The molecule has 2 rings (SSSR count). The molecule has 0 atom stereocenters. The van der Waals surface area contributed by atoms with Gasteiger partial charge >= 0.3 is 0 Å². The van der Waals surface area contributed by atoms with Crippen LogP contribution >= 0.6 is 15.9 Å². The van der Waals surface area contributed by atoms with Crippen molar-refractivity contribution in [2.75, 3.05) is 12.4 Å². The van der Waals surface area contributed by atoms with E-state index >= 15 is 0 Å². The summed E-state index contributed by atoms with van der Waals surface area (Å²) in [5.41, 5.74) is 2.98. The topological polar surface area (TPSA) is 47.0 Å². The van der Waals surface area contributed by atoms with Crippen LogP contribution in [0, 0.1) is 6.92 Å². The molecule has 1 aromatic carbocycles. The van der Waals surface area contributed by atoms with Crippen LogP contribution in [0.3, 0.4) is 0 Å². The highest BCUT2D eigenvalue weighted by molar-refractivity contribution is 9.10. The fraction of sp³-hybridized carbons (Fsp3) is 0.231. The molecule has 0 spiro atoms. The SMILES string of the molecule is COc1cc(Br)cc(C)c1NCc1cnccn1. The quantitative estimate of drug-likeness (QED) is 0.942. The summed E-state index contributed by atoms with van der Waals surface area (Å²) >= 11 is 3.45. The van der Waals surface area contributed by atoms with Gasteiger partial charge < -0.3 is 10.1 Å². The minimum Gasteiger partial charge on any atom is -0.495 e. The Bertz CT molecular complexity index is 531. The molecule has 1 heterocycles. The minimum absolute atomic E-state index is 0.618. The predicted molar refractivity (Wildman–Crippen MR) is 74.8 cm³/mol. The Morgan fingerprint density at radius 1 is 1.33 bits per heavy atom. The average Bonchev–Trinajstić information content (AvgIpc) is 2.38. The van der Waals surface area contributed by atoms with E-state index in [1.54, 1.807) is 25.7 Å². The first-order chi connectivity index (χ1) is 8.70. The number of hydrogen-bond donors (Lipinski definition) is 1. The smallest absolute Gasteiger partial charge is 0.143 e. The molecule has 0 saturated carbocycles. The van der Waals surface area contributed by atoms with Crippen LogP contribution < -0.4 is 10.1 Å². The van der Waals surface area contributed by atoms with Crippen LogP contribution in [0.5, 0.6) is 5.75 Å². The van der Waals surface area contributed by atoms with Crippen molar-refractivity contribution in [3.8, 4) is 5.75 Å². The summed E-state index contributed by atoms with van der Waals surface area (Å²) < 4.78 is 6.37. The van der Waals surface area contributed by atoms with Crippen molar-refractivity contribution >= 4 is 21.6 Å². The first-order valence-corrected chi connectivity index (χ1v) is 6.33. The summed E-state index contributed by atoms with van der Waals surface area (Å²) in [5, 5.41) is 3.33. The van der Waals surface area contributed by atoms with Gasteiger partial charge in [0.05, 0.1) is 31.2 Å². The zero-order valence-corrected chi connectivity index (χ0v) is 11.9. The molecular formula is C13H14BrN3O. The Hall–Kier alpha value is -1.62. The molecule has 94 valence electrons. The van der Waals surface area contributed by atoms with Gasteiger partial charge in [-0.3, -0.25) is 9.97 Å². The van der Waals surface area contributed by atoms with E-state index in [1.807, 2.05) is 19.1 Å². The van der Waals surface area contributed by atoms with Crippen LogP contribution in [0.2, 0.25) is 0 Å². The molecule has 0 fully saturated rings. The summed E-state index contributed by atoms with van der Waals surface area (Å²) in [4.78, 5) is 8.26. The number of methoxy groups -OCH3 is 1. The number of nitrogens with zero attached hydrogens (tertiary/aromatic N) is 2. The lowest BCUT2D eigenvalue weighted by Gasteiger charge is -2.14. The maximum Gasteiger partial charge on any atom is 0.143 e. The second kappa shape index (κ2) is 5.82. The number of nitrogens with one attached hydrogen (secondary N) is 1. The van der Waals surface area contributed by atoms with Crippen LogP contribution in [-0.2, 0) is 6.54 Å². The molecule has 0 bridgehead atoms. The number of halogens is 1. The van der Waals surface area contributed by atoms with Gasteiger partial charge in [0.2, 0.25) is 0 Å². The largest absolute Gasteiger partial charge is 0.495 e. The van der Waals surface area contributed by atoms with Gasteiger partial charge in [-0.1, -0.05) is 15.9 Å². The number of aromatic nitrogens is 2. The first-order valence-electron chi connectivity index (χ1n) is 5.53. The molecule has 0 saturated heterocycles. The molecule has 0 aliphatic carbocycles. The van der Waals surface area contributed by atoms with Crippen molar-refractivity contribution in [3.63, 3.8) is 0 Å². The zero-order chi connectivity index (χ0) is 13.0. The third-order valence-corrected chi connectivity index (χ3v) is 3.00. The van der Waals surface area contributed by atoms with Gasteiger partial charge in [0.25, 0.3) is 0 Å². The van der Waals surface area contributed by atoms with E-state index in [0.29, 0.717) is 6.54 Å². The summed E-state index contributed by atoms with van der Waals surface area (Å²) in [6, 6.07) is 3.98. The van der Waals surface area contributed by atoms with Gasteiger partial charge in [-0.2, -0.15) is 0 Å². The second-order valence-electron chi connectivity index (χ2n) is 3.85. The molecule has 1 N–H and O–H groups in total. The number of ether oxygens (including phenoxy) is 1. The second-order valence-corrected chi connectivity index (χ2v) is 4.77. The maximum absolute atomic E-state index is 5.37. The highest BCUT2D eigenvalue weighted by Crippen LogP contribution is 2.32. The van der Waals surface area contributed by atoms with Crippen molar-refractivity contribution in [2.45, 2.75) is 13.5 Å². The van der Waals surface area contributed by atoms with Crippen LogP contribution in [0.15, 0.2) is 35.2 Å². The third-order valence-electron chi connectivity index (χ3n) is 2.55. The Balaban J connectivity index is 2.19. The van der Waals surface area contributed by atoms with Crippen LogP contribution in [0.4, 0.5) is 5.69 Å². The van der Waals surface area contributed by atoms with E-state index in [-0.39, 0.29) is 0 Å². The molecule has 5 heteroatoms. The van der Waals surface area contributed by atoms with Crippen LogP contribution in [0.25, 0.3) is 0 Å². The molecular weight excluding hydrogens is 294 g/mol. The lowest BCUT2D eigenvalue weighted by molar-refractivity contribution is 0.416. The summed E-state index contributed by atoms with van der Waals surface area (Å²) in [7, 11) is 1.66. The number of aryl methyl sites for hydroxylation is 1. The van der Waals surface area contributed by atoms with Gasteiger partial charge in [0, 0.05) is 16.9 Å². The van der Waals surface area contributed by atoms with Crippen molar-refractivity contribution in [1.29, 1.82) is 0 Å². The first kappa shape index (κ1) is 12.8. The zero-order valence-electron chi connectivity index (χ0n) is 10.3. The summed E-state index contributed by atoms with van der Waals surface area (Å²) in [6.07, 6.45) is 5.09. The van der Waals surface area contributed by atoms with Gasteiger partial charge in [-0.25, -0.2) is 0 Å². The van der Waals surface area contributed by atoms with Gasteiger partial charge in [0.1, 0.15) is 5.75 Å². The lowest BCUT2D eigenvalue weighted by atomic mass is 10.2. The van der Waals surface area contributed by atoms with Crippen LogP contribution in [-0.4, -0.2) is 17.1 Å². The molecule has 0 aliphatic rings. The molecule has 0 amide bonds.